The molecule has 2 heterocycles. The van der Waals surface area contributed by atoms with Gasteiger partial charge in [-0.3, -0.25) is 14.5 Å². The standard InChI is InChI=1S/C21H27N3O2S/c1-16-5-7-18(8-6-16)20(22-17(2)25)14-21(26)24-11-9-23(10-12-24)15-19-4-3-13-27-19/h3-8,13,20H,9-12,14-15H2,1-2H3,(H,22,25). The number of nitrogens with zero attached hydrogens (tertiary/aromatic N) is 2. The van der Waals surface area contributed by atoms with Gasteiger partial charge in [0.2, 0.25) is 11.8 Å². The van der Waals surface area contributed by atoms with Crippen LogP contribution in [-0.2, 0) is 16.1 Å². The summed E-state index contributed by atoms with van der Waals surface area (Å²) in [6.45, 7) is 7.73. The summed E-state index contributed by atoms with van der Waals surface area (Å²) >= 11 is 1.77. The lowest BCUT2D eigenvalue weighted by Crippen LogP contribution is -2.49. The normalized spacial score (nSPS) is 16.1. The van der Waals surface area contributed by atoms with Crippen LogP contribution in [0.2, 0.25) is 0 Å². The highest BCUT2D eigenvalue weighted by Gasteiger charge is 2.25. The average molecular weight is 386 g/mol. The van der Waals surface area contributed by atoms with Gasteiger partial charge >= 0.3 is 0 Å². The van der Waals surface area contributed by atoms with Crippen molar-refractivity contribution in [3.05, 3.63) is 57.8 Å². The van der Waals surface area contributed by atoms with Crippen LogP contribution in [0.1, 0.15) is 35.4 Å². The summed E-state index contributed by atoms with van der Waals surface area (Å²) in [6, 6.07) is 12.0. The molecule has 1 aliphatic rings. The van der Waals surface area contributed by atoms with Crippen LogP contribution in [0.4, 0.5) is 0 Å². The zero-order chi connectivity index (χ0) is 19.2. The molecule has 0 aliphatic carbocycles. The second-order valence-corrected chi connectivity index (χ2v) is 8.14. The Hall–Kier alpha value is -2.18. The van der Waals surface area contributed by atoms with Crippen LogP contribution in [0.15, 0.2) is 41.8 Å². The number of benzene rings is 1. The van der Waals surface area contributed by atoms with Crippen molar-refractivity contribution < 1.29 is 9.59 Å². The number of hydrogen-bond donors (Lipinski definition) is 1. The lowest BCUT2D eigenvalue weighted by Gasteiger charge is -2.35. The van der Waals surface area contributed by atoms with E-state index in [1.807, 2.05) is 36.1 Å². The molecule has 0 radical (unpaired) electrons. The minimum absolute atomic E-state index is 0.102. The number of carbonyl (C=O) groups is 2. The molecule has 2 amide bonds. The van der Waals surface area contributed by atoms with E-state index < -0.39 is 0 Å². The molecule has 144 valence electrons. The molecule has 3 rings (SSSR count). The zero-order valence-electron chi connectivity index (χ0n) is 16.0. The molecule has 1 unspecified atom stereocenters. The van der Waals surface area contributed by atoms with Crippen LogP contribution >= 0.6 is 11.3 Å². The fourth-order valence-corrected chi connectivity index (χ4v) is 4.12. The first-order chi connectivity index (χ1) is 13.0. The molecule has 1 aromatic carbocycles. The van der Waals surface area contributed by atoms with Crippen LogP contribution in [0.5, 0.6) is 0 Å². The molecule has 0 saturated carbocycles. The van der Waals surface area contributed by atoms with E-state index in [4.69, 9.17) is 0 Å². The topological polar surface area (TPSA) is 52.7 Å². The molecule has 2 aromatic rings. The molecule has 5 nitrogen and oxygen atoms in total. The minimum atomic E-state index is -0.278. The molecular weight excluding hydrogens is 358 g/mol. The molecule has 1 aromatic heterocycles. The van der Waals surface area contributed by atoms with Crippen LogP contribution in [-0.4, -0.2) is 47.8 Å². The largest absolute Gasteiger partial charge is 0.349 e. The van der Waals surface area contributed by atoms with Crippen molar-refractivity contribution in [2.24, 2.45) is 0 Å². The molecule has 1 fully saturated rings. The second kappa shape index (κ2) is 9.15. The fraction of sp³-hybridized carbons (Fsp3) is 0.429. The Kier molecular flexibility index (Phi) is 6.63. The summed E-state index contributed by atoms with van der Waals surface area (Å²) in [6.07, 6.45) is 0.299. The smallest absolute Gasteiger partial charge is 0.225 e. The van der Waals surface area contributed by atoms with Gasteiger partial charge in [-0.15, -0.1) is 11.3 Å². The van der Waals surface area contributed by atoms with E-state index in [0.717, 1.165) is 43.9 Å². The van der Waals surface area contributed by atoms with Crippen LogP contribution in [0.3, 0.4) is 0 Å². The van der Waals surface area contributed by atoms with Gasteiger partial charge < -0.3 is 10.2 Å². The Balaban J connectivity index is 1.56. The minimum Gasteiger partial charge on any atom is -0.349 e. The Morgan fingerprint density at radius 3 is 2.41 bits per heavy atom. The lowest BCUT2D eigenvalue weighted by atomic mass is 10.0. The van der Waals surface area contributed by atoms with Crippen LogP contribution in [0, 0.1) is 6.92 Å². The first kappa shape index (κ1) is 19.6. The first-order valence-electron chi connectivity index (χ1n) is 9.37. The van der Waals surface area contributed by atoms with Gasteiger partial charge in [0.1, 0.15) is 0 Å². The fourth-order valence-electron chi connectivity index (χ4n) is 3.38. The molecule has 6 heteroatoms. The van der Waals surface area contributed by atoms with Crippen molar-refractivity contribution in [3.63, 3.8) is 0 Å². The van der Waals surface area contributed by atoms with Gasteiger partial charge in [-0.25, -0.2) is 0 Å². The van der Waals surface area contributed by atoms with Gasteiger partial charge in [0, 0.05) is 44.5 Å². The van der Waals surface area contributed by atoms with Gasteiger partial charge in [-0.05, 0) is 23.9 Å². The van der Waals surface area contributed by atoms with Gasteiger partial charge in [0.15, 0.2) is 0 Å². The number of rotatable bonds is 6. The predicted molar refractivity (Wildman–Crippen MR) is 109 cm³/mol. The maximum atomic E-state index is 12.8. The molecule has 0 bridgehead atoms. The monoisotopic (exact) mass is 385 g/mol. The summed E-state index contributed by atoms with van der Waals surface area (Å²) in [7, 11) is 0. The number of hydrogen-bond acceptors (Lipinski definition) is 4. The summed E-state index contributed by atoms with van der Waals surface area (Å²) < 4.78 is 0. The Morgan fingerprint density at radius 2 is 1.81 bits per heavy atom. The third-order valence-corrected chi connectivity index (χ3v) is 5.78. The van der Waals surface area contributed by atoms with Gasteiger partial charge in [-0.1, -0.05) is 35.9 Å². The van der Waals surface area contributed by atoms with Crippen LogP contribution in [0.25, 0.3) is 0 Å². The van der Waals surface area contributed by atoms with Crippen molar-refractivity contribution >= 4 is 23.2 Å². The molecule has 1 aliphatic heterocycles. The van der Waals surface area contributed by atoms with Crippen molar-refractivity contribution in [2.75, 3.05) is 26.2 Å². The maximum absolute atomic E-state index is 12.8. The van der Waals surface area contributed by atoms with Gasteiger partial charge in [-0.2, -0.15) is 0 Å². The quantitative estimate of drug-likeness (QED) is 0.832. The number of piperazine rings is 1. The third kappa shape index (κ3) is 5.65. The maximum Gasteiger partial charge on any atom is 0.225 e. The summed E-state index contributed by atoms with van der Waals surface area (Å²) in [5, 5.41) is 5.03. The van der Waals surface area contributed by atoms with E-state index in [9.17, 15) is 9.59 Å². The Bertz CT molecular complexity index is 750. The van der Waals surface area contributed by atoms with E-state index in [0.29, 0.717) is 6.42 Å². The van der Waals surface area contributed by atoms with Gasteiger partial charge in [0.25, 0.3) is 0 Å². The third-order valence-electron chi connectivity index (χ3n) is 4.92. The molecule has 1 atom stereocenters. The predicted octanol–water partition coefficient (Wildman–Crippen LogP) is 2.97. The second-order valence-electron chi connectivity index (χ2n) is 7.10. The van der Waals surface area contributed by atoms with E-state index in [1.165, 1.54) is 11.8 Å². The van der Waals surface area contributed by atoms with Crippen molar-refractivity contribution in [1.29, 1.82) is 0 Å². The lowest BCUT2D eigenvalue weighted by molar-refractivity contribution is -0.133. The number of carbonyl (C=O) groups excluding carboxylic acids is 2. The molecule has 1 saturated heterocycles. The zero-order valence-corrected chi connectivity index (χ0v) is 16.8. The number of nitrogens with one attached hydrogen (secondary N) is 1. The van der Waals surface area contributed by atoms with Crippen LogP contribution < -0.4 is 5.32 Å². The number of thiophene rings is 1. The molecule has 0 spiro atoms. The summed E-state index contributed by atoms with van der Waals surface area (Å²) in [4.78, 5) is 30.1. The Labute approximate surface area is 165 Å². The SMILES string of the molecule is CC(=O)NC(CC(=O)N1CCN(Cc2cccs2)CC1)c1ccc(C)cc1. The van der Waals surface area contributed by atoms with Crippen molar-refractivity contribution in [3.8, 4) is 0 Å². The number of aryl methyl sites for hydroxylation is 1. The average Bonchev–Trinajstić information content (AvgIpc) is 3.15. The molecular formula is C21H27N3O2S. The summed E-state index contributed by atoms with van der Waals surface area (Å²) in [5.74, 6) is -0.0146. The highest BCUT2D eigenvalue weighted by Crippen LogP contribution is 2.20. The molecule has 1 N–H and O–H groups in total. The first-order valence-corrected chi connectivity index (χ1v) is 10.3. The van der Waals surface area contributed by atoms with Gasteiger partial charge in [0.05, 0.1) is 12.5 Å². The van der Waals surface area contributed by atoms with E-state index in [2.05, 4.69) is 27.7 Å². The van der Waals surface area contributed by atoms with E-state index in [-0.39, 0.29) is 17.9 Å². The van der Waals surface area contributed by atoms with Crippen molar-refractivity contribution in [2.45, 2.75) is 32.9 Å². The van der Waals surface area contributed by atoms with E-state index >= 15 is 0 Å². The summed E-state index contributed by atoms with van der Waals surface area (Å²) in [5.41, 5.74) is 2.13. The van der Waals surface area contributed by atoms with E-state index in [1.54, 1.807) is 11.3 Å². The van der Waals surface area contributed by atoms with Crippen molar-refractivity contribution in [1.82, 2.24) is 15.1 Å². The Morgan fingerprint density at radius 1 is 1.11 bits per heavy atom. The highest BCUT2D eigenvalue weighted by molar-refractivity contribution is 7.09. The highest BCUT2D eigenvalue weighted by atomic mass is 32.1. The number of amides is 2. The molecule has 27 heavy (non-hydrogen) atoms.